The van der Waals surface area contributed by atoms with Crippen molar-refractivity contribution in [3.8, 4) is 33.4 Å². The van der Waals surface area contributed by atoms with Gasteiger partial charge in [-0.3, -0.25) is 0 Å². The molecular weight excluding hydrogens is 671 g/mol. The average molecular weight is 712 g/mol. The van der Waals surface area contributed by atoms with Gasteiger partial charge in [-0.05, 0) is 105 Å². The average Bonchev–Trinajstić information content (AvgIpc) is 3.21. The van der Waals surface area contributed by atoms with Crippen LogP contribution in [0.5, 0.6) is 0 Å². The van der Waals surface area contributed by atoms with Crippen molar-refractivity contribution in [1.82, 2.24) is 0 Å². The highest BCUT2D eigenvalue weighted by molar-refractivity contribution is 8.11. The highest BCUT2D eigenvalue weighted by Gasteiger charge is 2.23. The SMILES string of the molecule is C=C1/C=C\C=C/S/C(c2ccc(N(c3ccc(-c4ccccc4)cc3)c3ccccc3-c3ccccc3)cc2-c2ccccc2C)=C\1c1ccccc1C. The molecule has 8 rings (SSSR count). The van der Waals surface area contributed by atoms with Gasteiger partial charge in [-0.1, -0.05) is 182 Å². The molecule has 0 radical (unpaired) electrons. The number of nitrogens with zero attached hydrogens (tertiary/aromatic N) is 1. The van der Waals surface area contributed by atoms with Gasteiger partial charge in [-0.25, -0.2) is 0 Å². The number of anilines is 3. The molecule has 0 aliphatic carbocycles. The van der Waals surface area contributed by atoms with Crippen molar-refractivity contribution < 1.29 is 0 Å². The molecule has 0 amide bonds. The van der Waals surface area contributed by atoms with Crippen LogP contribution in [0, 0.1) is 13.8 Å². The topological polar surface area (TPSA) is 3.24 Å². The maximum atomic E-state index is 4.60. The van der Waals surface area contributed by atoms with Crippen molar-refractivity contribution in [2.75, 3.05) is 4.90 Å². The van der Waals surface area contributed by atoms with E-state index in [2.05, 4.69) is 225 Å². The summed E-state index contributed by atoms with van der Waals surface area (Å²) in [5.74, 6) is 0. The maximum Gasteiger partial charge on any atom is 0.0540 e. The third-order valence-corrected chi connectivity index (χ3v) is 11.0. The molecule has 1 aliphatic rings. The van der Waals surface area contributed by atoms with Crippen molar-refractivity contribution in [1.29, 1.82) is 0 Å². The van der Waals surface area contributed by atoms with Crippen LogP contribution in [0.1, 0.15) is 22.3 Å². The van der Waals surface area contributed by atoms with E-state index in [-0.39, 0.29) is 0 Å². The minimum Gasteiger partial charge on any atom is -0.310 e. The van der Waals surface area contributed by atoms with Crippen molar-refractivity contribution >= 4 is 39.3 Å². The fourth-order valence-electron chi connectivity index (χ4n) is 7.32. The van der Waals surface area contributed by atoms with Gasteiger partial charge in [0.05, 0.1) is 5.69 Å². The van der Waals surface area contributed by atoms with E-state index in [1.54, 1.807) is 11.8 Å². The van der Waals surface area contributed by atoms with Crippen molar-refractivity contribution in [2.45, 2.75) is 13.8 Å². The summed E-state index contributed by atoms with van der Waals surface area (Å²) in [5, 5.41) is 2.18. The summed E-state index contributed by atoms with van der Waals surface area (Å²) in [4.78, 5) is 3.59. The van der Waals surface area contributed by atoms with E-state index in [0.29, 0.717) is 0 Å². The second kappa shape index (κ2) is 15.7. The Morgan fingerprint density at radius 1 is 0.444 bits per heavy atom. The molecule has 1 aliphatic heterocycles. The summed E-state index contributed by atoms with van der Waals surface area (Å²) in [5.41, 5.74) is 17.4. The Hall–Kier alpha value is -6.35. The fraction of sp³-hybridized carbons (Fsp3) is 0.0385. The molecule has 0 bridgehead atoms. The number of para-hydroxylation sites is 1. The Balaban J connectivity index is 1.39. The first-order valence-corrected chi connectivity index (χ1v) is 19.2. The van der Waals surface area contributed by atoms with Gasteiger partial charge >= 0.3 is 0 Å². The molecule has 0 aromatic heterocycles. The largest absolute Gasteiger partial charge is 0.310 e. The van der Waals surface area contributed by atoms with Gasteiger partial charge in [0.1, 0.15) is 0 Å². The number of allylic oxidation sites excluding steroid dienone is 5. The molecule has 54 heavy (non-hydrogen) atoms. The number of thioether (sulfide) groups is 1. The van der Waals surface area contributed by atoms with Crippen LogP contribution in [0.4, 0.5) is 17.1 Å². The molecule has 1 nitrogen and oxygen atoms in total. The summed E-state index contributed by atoms with van der Waals surface area (Å²) in [7, 11) is 0. The zero-order chi connectivity index (χ0) is 36.9. The lowest BCUT2D eigenvalue weighted by Crippen LogP contribution is -2.12. The molecule has 7 aromatic rings. The first-order valence-electron chi connectivity index (χ1n) is 18.4. The van der Waals surface area contributed by atoms with Crippen LogP contribution in [0.2, 0.25) is 0 Å². The molecule has 1 heterocycles. The molecule has 0 N–H and O–H groups in total. The monoisotopic (exact) mass is 711 g/mol. The lowest BCUT2D eigenvalue weighted by atomic mass is 9.89. The molecule has 0 saturated heterocycles. The predicted octanol–water partition coefficient (Wildman–Crippen LogP) is 15.0. The van der Waals surface area contributed by atoms with Crippen LogP contribution < -0.4 is 4.90 Å². The van der Waals surface area contributed by atoms with E-state index in [9.17, 15) is 0 Å². The van der Waals surface area contributed by atoms with Crippen molar-refractivity contribution in [3.05, 3.63) is 234 Å². The van der Waals surface area contributed by atoms with Gasteiger partial charge in [-0.2, -0.15) is 0 Å². The molecule has 0 atom stereocenters. The minimum atomic E-state index is 0.993. The first kappa shape index (κ1) is 34.7. The number of hydrogen-bond donors (Lipinski definition) is 0. The van der Waals surface area contributed by atoms with E-state index < -0.39 is 0 Å². The van der Waals surface area contributed by atoms with Crippen LogP contribution >= 0.6 is 11.8 Å². The van der Waals surface area contributed by atoms with Crippen molar-refractivity contribution in [2.24, 2.45) is 0 Å². The lowest BCUT2D eigenvalue weighted by Gasteiger charge is -2.29. The predicted molar refractivity (Wildman–Crippen MR) is 235 cm³/mol. The van der Waals surface area contributed by atoms with E-state index >= 15 is 0 Å². The Bertz CT molecular complexity index is 2540. The highest BCUT2D eigenvalue weighted by atomic mass is 32.2. The van der Waals surface area contributed by atoms with Crippen LogP contribution in [0.25, 0.3) is 43.9 Å². The highest BCUT2D eigenvalue weighted by Crippen LogP contribution is 2.48. The third-order valence-electron chi connectivity index (χ3n) is 10.0. The van der Waals surface area contributed by atoms with Crippen LogP contribution in [-0.4, -0.2) is 0 Å². The van der Waals surface area contributed by atoms with E-state index in [0.717, 1.165) is 28.2 Å². The maximum absolute atomic E-state index is 4.60. The molecule has 260 valence electrons. The molecule has 0 fully saturated rings. The Morgan fingerprint density at radius 3 is 1.69 bits per heavy atom. The molecule has 0 unspecified atom stereocenters. The zero-order valence-electron chi connectivity index (χ0n) is 30.6. The van der Waals surface area contributed by atoms with Crippen LogP contribution in [0.3, 0.4) is 0 Å². The molecular formula is C52H41NS. The number of rotatable bonds is 8. The summed E-state index contributed by atoms with van der Waals surface area (Å²) in [6.45, 7) is 9.00. The fourth-order valence-corrected chi connectivity index (χ4v) is 8.29. The molecule has 0 saturated carbocycles. The summed E-state index contributed by atoms with van der Waals surface area (Å²) in [6.07, 6.45) is 6.32. The number of aryl methyl sites for hydroxylation is 2. The van der Waals surface area contributed by atoms with E-state index in [1.807, 2.05) is 0 Å². The molecule has 2 heteroatoms. The van der Waals surface area contributed by atoms with Gasteiger partial charge in [0, 0.05) is 27.4 Å². The Kier molecular flexibility index (Phi) is 10.1. The van der Waals surface area contributed by atoms with Crippen LogP contribution in [-0.2, 0) is 0 Å². The van der Waals surface area contributed by atoms with E-state index in [1.165, 1.54) is 60.5 Å². The smallest absolute Gasteiger partial charge is 0.0540 e. The van der Waals surface area contributed by atoms with Gasteiger partial charge in [0.2, 0.25) is 0 Å². The minimum absolute atomic E-state index is 0.993. The number of hydrogen-bond acceptors (Lipinski definition) is 2. The molecule has 7 aromatic carbocycles. The second-order valence-corrected chi connectivity index (χ2v) is 14.4. The van der Waals surface area contributed by atoms with Crippen LogP contribution in [0.15, 0.2) is 212 Å². The quantitative estimate of drug-likeness (QED) is 0.154. The Morgan fingerprint density at radius 2 is 1.00 bits per heavy atom. The van der Waals surface area contributed by atoms with Crippen molar-refractivity contribution in [3.63, 3.8) is 0 Å². The van der Waals surface area contributed by atoms with E-state index in [4.69, 9.17) is 0 Å². The lowest BCUT2D eigenvalue weighted by molar-refractivity contribution is 1.28. The molecule has 0 spiro atoms. The summed E-state index contributed by atoms with van der Waals surface area (Å²) < 4.78 is 0. The number of benzene rings is 7. The third kappa shape index (κ3) is 7.05. The van der Waals surface area contributed by atoms with Gasteiger partial charge in [-0.15, -0.1) is 0 Å². The second-order valence-electron chi connectivity index (χ2n) is 13.5. The van der Waals surface area contributed by atoms with Gasteiger partial charge in [0.25, 0.3) is 0 Å². The van der Waals surface area contributed by atoms with Gasteiger partial charge in [0.15, 0.2) is 0 Å². The first-order chi connectivity index (χ1) is 26.6. The van der Waals surface area contributed by atoms with Gasteiger partial charge < -0.3 is 4.90 Å². The Labute approximate surface area is 324 Å². The summed E-state index contributed by atoms with van der Waals surface area (Å²) in [6, 6.07) is 63.3. The normalized spacial score (nSPS) is 15.3. The standard InChI is InChI=1S/C52H41NS/c1-37-18-10-12-25-45(37)49-36-44(33-34-48(49)52-51(39(3)20-16-17-35-54-52)46-26-13-11-19-38(46)2)53(43-31-29-41(30-32-43)40-21-6-4-7-22-40)50-28-15-14-27-47(50)42-23-8-5-9-24-42/h4-36H,3H2,1-2H3/b20-16-,35-17-,52-51+. The summed E-state index contributed by atoms with van der Waals surface area (Å²) >= 11 is 1.76. The zero-order valence-corrected chi connectivity index (χ0v) is 31.4.